The Kier molecular flexibility index (Phi) is 28.1. The summed E-state index contributed by atoms with van der Waals surface area (Å²) in [5.74, 6) is -13.8. The number of carboxylic acids is 2. The van der Waals surface area contributed by atoms with Crippen molar-refractivity contribution in [1.29, 1.82) is 0 Å². The van der Waals surface area contributed by atoms with Crippen LogP contribution in [0.4, 0.5) is 8.78 Å². The zero-order valence-corrected chi connectivity index (χ0v) is 51.3. The minimum absolute atomic E-state index is 0.0321. The molecule has 1 fully saturated rings. The molecule has 0 saturated carbocycles. The fourth-order valence-electron chi connectivity index (χ4n) is 9.64. The Bertz CT molecular complexity index is 3090. The fraction of sp³-hybridized carbons (Fsp3) is 0.517. The van der Waals surface area contributed by atoms with Crippen LogP contribution in [0.1, 0.15) is 129 Å². The molecule has 2 aromatic carbocycles. The second kappa shape index (κ2) is 34.5. The summed E-state index contributed by atoms with van der Waals surface area (Å²) < 4.78 is 31.8. The first-order valence-electron chi connectivity index (χ1n) is 29.2. The van der Waals surface area contributed by atoms with Gasteiger partial charge in [0.2, 0.25) is 47.3 Å². The number of unbranched alkanes of at least 4 members (excludes halogenated alkanes) is 2. The van der Waals surface area contributed by atoms with Crippen LogP contribution in [0.15, 0.2) is 60.8 Å². The van der Waals surface area contributed by atoms with E-state index in [4.69, 9.17) is 15.7 Å². The molecule has 3 aromatic rings. The molecule has 0 radical (unpaired) electrons. The lowest BCUT2D eigenvalue weighted by molar-refractivity contribution is -0.197. The van der Waals surface area contributed by atoms with Crippen molar-refractivity contribution in [1.82, 2.24) is 51.3 Å². The Hall–Kier alpha value is -9.19. The maximum atomic E-state index is 15.5. The third-order valence-electron chi connectivity index (χ3n) is 14.6. The number of aromatic nitrogens is 1. The van der Waals surface area contributed by atoms with Gasteiger partial charge in [-0.1, -0.05) is 57.5 Å². The number of aliphatic hydroxyl groups excluding tert-OH is 1. The van der Waals surface area contributed by atoms with Crippen LogP contribution in [-0.4, -0.2) is 181 Å². The molecule has 2 heterocycles. The first kappa shape index (κ1) is 73.3. The van der Waals surface area contributed by atoms with Gasteiger partial charge in [0, 0.05) is 74.8 Å². The largest absolute Gasteiger partial charge is 0.481 e. The second-order valence-corrected chi connectivity index (χ2v) is 22.9. The summed E-state index contributed by atoms with van der Waals surface area (Å²) in [6.45, 7) is 7.92. The Labute approximate surface area is 518 Å². The van der Waals surface area contributed by atoms with Crippen molar-refractivity contribution in [3.8, 4) is 11.1 Å². The SMILES string of the molecule is CC(NC(=O)C(C)NC(=O)C(C)N(C)CCCCCC(=O)ON1C(=O)CCC1=O)C(=O)NC(CC(N)=O)C(=O)NC(CCN(C(=O)CO)C(c1cc(-c2cc(F)ccc2F)cn1Cc1ccccc1)C(C)(C)C)C(=O)NCCC(=O)NC(CCC(=O)O)C(=O)O. The molecule has 1 aromatic heterocycles. The number of benzene rings is 2. The first-order chi connectivity index (χ1) is 42.3. The third-order valence-corrected chi connectivity index (χ3v) is 14.6. The van der Waals surface area contributed by atoms with E-state index in [1.807, 2.05) is 12.1 Å². The van der Waals surface area contributed by atoms with Crippen LogP contribution in [0.3, 0.4) is 0 Å². The monoisotopic (exact) mass is 1270 g/mol. The molecular formula is C60H81F2N11O17. The van der Waals surface area contributed by atoms with Gasteiger partial charge in [-0.2, -0.15) is 0 Å². The maximum Gasteiger partial charge on any atom is 0.333 e. The van der Waals surface area contributed by atoms with E-state index in [9.17, 15) is 76.9 Å². The summed E-state index contributed by atoms with van der Waals surface area (Å²) in [5.41, 5.74) is 5.82. The van der Waals surface area contributed by atoms with Crippen molar-refractivity contribution in [3.63, 3.8) is 0 Å². The van der Waals surface area contributed by atoms with Crippen molar-refractivity contribution in [2.24, 2.45) is 11.1 Å². The van der Waals surface area contributed by atoms with E-state index in [0.717, 1.165) is 23.8 Å². The predicted molar refractivity (Wildman–Crippen MR) is 316 cm³/mol. The standard InChI is InChI=1S/C60H81F2N11O17/c1-34(66-56(85)36(3)70(7)26-13-9-12-16-52(82)90-73-48(77)20-21-49(73)78)54(83)65-35(2)55(84)69-44(30-46(63)75)58(87)68-42(57(86)64-25-23-47(76)67-43(59(88)89)19-22-51(80)81)24-27-72(50(79)33-74)53(60(4,5)6)45-28-38(40-29-39(61)17-18-41(40)62)32-71(45)31-37-14-10-8-11-15-37/h8,10-11,14-15,17-18,28-29,32,34-36,42-44,53,74H,9,12-13,16,19-27,30-31,33H2,1-7H3,(H2,63,75)(H,64,86)(H,65,83)(H,66,85)(H,67,76)(H,68,87)(H,69,84)(H,80,81)(H,88,89). The zero-order valence-electron chi connectivity index (χ0n) is 51.3. The number of aliphatic hydroxyl groups is 1. The van der Waals surface area contributed by atoms with Gasteiger partial charge in [0.25, 0.3) is 11.8 Å². The van der Waals surface area contributed by atoms with Gasteiger partial charge in [-0.05, 0) is 95.3 Å². The van der Waals surface area contributed by atoms with E-state index in [-0.39, 0.29) is 36.9 Å². The third kappa shape index (κ3) is 22.8. The summed E-state index contributed by atoms with van der Waals surface area (Å²) in [6.07, 6.45) is -0.117. The normalized spacial score (nSPS) is 14.6. The minimum Gasteiger partial charge on any atom is -0.481 e. The predicted octanol–water partition coefficient (Wildman–Crippen LogP) is 1.06. The highest BCUT2D eigenvalue weighted by Crippen LogP contribution is 2.41. The van der Waals surface area contributed by atoms with E-state index in [1.165, 1.54) is 18.7 Å². The van der Waals surface area contributed by atoms with Crippen molar-refractivity contribution < 1.29 is 91.3 Å². The number of hydrogen-bond acceptors (Lipinski definition) is 16. The molecule has 11 N–H and O–H groups in total. The molecule has 7 unspecified atom stereocenters. The maximum absolute atomic E-state index is 15.5. The summed E-state index contributed by atoms with van der Waals surface area (Å²) in [7, 11) is 1.66. The minimum atomic E-state index is -1.84. The quantitative estimate of drug-likeness (QED) is 0.0287. The average Bonchev–Trinajstić information content (AvgIpc) is 1.67. The van der Waals surface area contributed by atoms with Crippen LogP contribution in [0.5, 0.6) is 0 Å². The van der Waals surface area contributed by atoms with Gasteiger partial charge < -0.3 is 67.3 Å². The molecule has 0 aliphatic carbocycles. The molecule has 28 nitrogen and oxygen atoms in total. The van der Waals surface area contributed by atoms with Gasteiger partial charge in [-0.15, -0.1) is 5.06 Å². The average molecular weight is 1270 g/mol. The molecule has 0 spiro atoms. The molecule has 0 bridgehead atoms. The number of nitrogens with zero attached hydrogens (tertiary/aromatic N) is 4. The zero-order chi connectivity index (χ0) is 67.2. The number of carbonyl (C=O) groups is 13. The summed E-state index contributed by atoms with van der Waals surface area (Å²) in [6, 6.07) is 3.83. The van der Waals surface area contributed by atoms with Crippen LogP contribution in [0, 0.1) is 17.0 Å². The molecule has 1 saturated heterocycles. The van der Waals surface area contributed by atoms with E-state index in [1.54, 1.807) is 74.7 Å². The Balaban J connectivity index is 1.54. The van der Waals surface area contributed by atoms with Crippen LogP contribution in [0.25, 0.3) is 11.1 Å². The number of imide groups is 1. The smallest absolute Gasteiger partial charge is 0.333 e. The highest BCUT2D eigenvalue weighted by Gasteiger charge is 2.39. The number of rotatable bonds is 36. The first-order valence-corrected chi connectivity index (χ1v) is 29.2. The molecule has 90 heavy (non-hydrogen) atoms. The number of primary amides is 1. The number of carboxylic acid groups (broad SMARTS) is 2. The number of nitrogens with two attached hydrogens (primary N) is 1. The highest BCUT2D eigenvalue weighted by atomic mass is 19.1. The Morgan fingerprint density at radius 1 is 0.711 bits per heavy atom. The number of carbonyl (C=O) groups excluding carboxylic acids is 11. The van der Waals surface area contributed by atoms with E-state index < -0.39 is 188 Å². The highest BCUT2D eigenvalue weighted by molar-refractivity contribution is 6.01. The summed E-state index contributed by atoms with van der Waals surface area (Å²) in [4.78, 5) is 175. The molecule has 30 heteroatoms. The molecule has 1 aliphatic rings. The lowest BCUT2D eigenvalue weighted by Gasteiger charge is -2.41. The van der Waals surface area contributed by atoms with Crippen LogP contribution in [0.2, 0.25) is 0 Å². The van der Waals surface area contributed by atoms with Crippen molar-refractivity contribution in [2.45, 2.75) is 161 Å². The van der Waals surface area contributed by atoms with Gasteiger partial charge in [0.15, 0.2) is 0 Å². The molecular weight excluding hydrogens is 1180 g/mol. The molecule has 7 atom stereocenters. The number of likely N-dealkylation sites (N-methyl/N-ethyl adjacent to an activating group) is 1. The summed E-state index contributed by atoms with van der Waals surface area (Å²) >= 11 is 0. The number of hydroxylamine groups is 2. The van der Waals surface area contributed by atoms with E-state index in [2.05, 4.69) is 31.9 Å². The topological polar surface area (TPSA) is 405 Å². The lowest BCUT2D eigenvalue weighted by Crippen LogP contribution is -2.58. The van der Waals surface area contributed by atoms with Crippen molar-refractivity contribution in [3.05, 3.63) is 83.7 Å². The van der Waals surface area contributed by atoms with E-state index in [0.29, 0.717) is 36.6 Å². The number of halogens is 2. The van der Waals surface area contributed by atoms with E-state index >= 15 is 4.39 Å². The second-order valence-electron chi connectivity index (χ2n) is 22.9. The van der Waals surface area contributed by atoms with Crippen LogP contribution in [-0.2, 0) is 73.7 Å². The Morgan fingerprint density at radius 2 is 1.33 bits per heavy atom. The van der Waals surface area contributed by atoms with Gasteiger partial charge in [-0.25, -0.2) is 18.4 Å². The van der Waals surface area contributed by atoms with Crippen LogP contribution >= 0.6 is 0 Å². The van der Waals surface area contributed by atoms with Gasteiger partial charge in [0.05, 0.1) is 18.5 Å². The van der Waals surface area contributed by atoms with Crippen molar-refractivity contribution >= 4 is 77.0 Å². The molecule has 10 amide bonds. The Morgan fingerprint density at radius 3 is 1.93 bits per heavy atom. The number of hydrogen-bond donors (Lipinski definition) is 10. The molecule has 4 rings (SSSR count). The number of amides is 10. The van der Waals surface area contributed by atoms with Crippen molar-refractivity contribution in [2.75, 3.05) is 33.3 Å². The fourth-order valence-corrected chi connectivity index (χ4v) is 9.64. The number of aliphatic carboxylic acids is 2. The lowest BCUT2D eigenvalue weighted by atomic mass is 9.82. The molecule has 1 aliphatic heterocycles. The molecule has 492 valence electrons. The van der Waals surface area contributed by atoms with Gasteiger partial charge in [-0.3, -0.25) is 57.6 Å². The summed E-state index contributed by atoms with van der Waals surface area (Å²) in [5, 5.41) is 44.0. The number of nitrogens with one attached hydrogen (secondary N) is 6. The van der Waals surface area contributed by atoms with Gasteiger partial charge in [0.1, 0.15) is 48.5 Å². The van der Waals surface area contributed by atoms with Crippen LogP contribution < -0.4 is 37.6 Å². The van der Waals surface area contributed by atoms with Gasteiger partial charge >= 0.3 is 17.9 Å².